The van der Waals surface area contributed by atoms with E-state index in [-0.39, 0.29) is 5.75 Å². The van der Waals surface area contributed by atoms with Gasteiger partial charge in [-0.05, 0) is 35.7 Å². The molecule has 2 aromatic carbocycles. The minimum atomic E-state index is -0.436. The monoisotopic (exact) mass is 384 g/mol. The molecule has 27 heavy (non-hydrogen) atoms. The van der Waals surface area contributed by atoms with Gasteiger partial charge in [0.1, 0.15) is 0 Å². The molecule has 0 aliphatic heterocycles. The number of hydrogen-bond donors (Lipinski definition) is 2. The normalized spacial score (nSPS) is 10.7. The van der Waals surface area contributed by atoms with E-state index in [4.69, 9.17) is 22.1 Å². The number of nitrogens with zero attached hydrogens (tertiary/aromatic N) is 2. The largest absolute Gasteiger partial charge is 0.490 e. The molecule has 0 spiro atoms. The maximum Gasteiger partial charge on any atom is 0.316 e. The van der Waals surface area contributed by atoms with Crippen molar-refractivity contribution in [2.45, 2.75) is 20.0 Å². The Morgan fingerprint density at radius 3 is 2.56 bits per heavy atom. The first-order valence-electron chi connectivity index (χ1n) is 8.47. The molecule has 6 nitrogen and oxygen atoms in total. The third kappa shape index (κ3) is 4.30. The highest BCUT2D eigenvalue weighted by Gasteiger charge is 2.12. The summed E-state index contributed by atoms with van der Waals surface area (Å²) in [6.45, 7) is 2.91. The Morgan fingerprint density at radius 2 is 1.89 bits per heavy atom. The predicted octanol–water partition coefficient (Wildman–Crippen LogP) is 3.46. The zero-order valence-corrected chi connectivity index (χ0v) is 16.0. The van der Waals surface area contributed by atoms with Gasteiger partial charge >= 0.3 is 5.56 Å². The van der Waals surface area contributed by atoms with Crippen LogP contribution in [0.25, 0.3) is 0 Å². The van der Waals surface area contributed by atoms with Crippen molar-refractivity contribution >= 4 is 23.2 Å². The van der Waals surface area contributed by atoms with E-state index in [0.29, 0.717) is 24.1 Å². The topological polar surface area (TPSA) is 82.2 Å². The van der Waals surface area contributed by atoms with Gasteiger partial charge in [0.05, 0.1) is 19.9 Å². The molecule has 0 saturated carbocycles. The number of halogens is 1. The number of hydrogen-bond acceptors (Lipinski definition) is 5. The quantitative estimate of drug-likeness (QED) is 0.680. The van der Waals surface area contributed by atoms with E-state index < -0.39 is 5.56 Å². The lowest BCUT2D eigenvalue weighted by molar-refractivity contribution is 0.402. The van der Waals surface area contributed by atoms with Crippen molar-refractivity contribution in [1.29, 1.82) is 0 Å². The van der Waals surface area contributed by atoms with Gasteiger partial charge in [-0.25, -0.2) is 0 Å². The van der Waals surface area contributed by atoms with E-state index in [9.17, 15) is 4.79 Å². The number of aromatic nitrogens is 2. The van der Waals surface area contributed by atoms with E-state index in [1.54, 1.807) is 6.20 Å². The summed E-state index contributed by atoms with van der Waals surface area (Å²) in [5.74, 6) is 0.594. The Morgan fingerprint density at radius 1 is 1.19 bits per heavy atom. The molecular weight excluding hydrogens is 364 g/mol. The number of rotatable bonds is 6. The third-order valence-electron chi connectivity index (χ3n) is 4.31. The molecule has 1 aromatic heterocycles. The third-order valence-corrected chi connectivity index (χ3v) is 4.72. The van der Waals surface area contributed by atoms with Crippen LogP contribution in [0.2, 0.25) is 5.02 Å². The Balaban J connectivity index is 2.00. The van der Waals surface area contributed by atoms with Crippen molar-refractivity contribution in [2.24, 2.45) is 5.73 Å². The Hall–Kier alpha value is -2.83. The predicted molar refractivity (Wildman–Crippen MR) is 108 cm³/mol. The molecular formula is C20H21ClN4O2. The summed E-state index contributed by atoms with van der Waals surface area (Å²) in [5.41, 5.74) is 8.99. The number of nitrogens with two attached hydrogens (primary N) is 1. The molecule has 1 heterocycles. The molecule has 0 unspecified atom stereocenters. The van der Waals surface area contributed by atoms with Crippen molar-refractivity contribution in [2.75, 3.05) is 12.4 Å². The average molecular weight is 385 g/mol. The van der Waals surface area contributed by atoms with Crippen molar-refractivity contribution in [1.82, 2.24) is 9.55 Å². The van der Waals surface area contributed by atoms with Crippen LogP contribution >= 0.6 is 11.6 Å². The molecule has 0 amide bonds. The van der Waals surface area contributed by atoms with Gasteiger partial charge in [-0.15, -0.1) is 0 Å². The smallest absolute Gasteiger partial charge is 0.316 e. The van der Waals surface area contributed by atoms with Gasteiger partial charge in [0.2, 0.25) is 11.7 Å². The van der Waals surface area contributed by atoms with Crippen LogP contribution in [0, 0.1) is 6.92 Å². The molecule has 0 aliphatic rings. The van der Waals surface area contributed by atoms with Gasteiger partial charge in [0.15, 0.2) is 0 Å². The highest BCUT2D eigenvalue weighted by atomic mass is 35.5. The maximum atomic E-state index is 12.2. The first-order chi connectivity index (χ1) is 13.0. The highest BCUT2D eigenvalue weighted by molar-refractivity contribution is 6.31. The number of nitrogens with one attached hydrogen (secondary N) is 1. The molecule has 0 aliphatic carbocycles. The van der Waals surface area contributed by atoms with Crippen LogP contribution in [0.1, 0.15) is 16.7 Å². The number of benzene rings is 2. The standard InChI is InChI=1S/C20H21ClN4O2/c1-13-16(21)4-3-5-17(13)23-20-24-19(26)18(27-2)12-25(20)11-15-8-6-14(10-22)7-9-15/h3-9,12H,10-11,22H2,1-2H3,(H,23,24,26). The van der Waals surface area contributed by atoms with Crippen molar-refractivity contribution in [3.8, 4) is 5.75 Å². The number of methoxy groups -OCH3 is 1. The zero-order chi connectivity index (χ0) is 19.4. The van der Waals surface area contributed by atoms with Crippen molar-refractivity contribution in [3.05, 3.63) is 80.7 Å². The molecule has 3 rings (SSSR count). The van der Waals surface area contributed by atoms with Crippen LogP contribution in [0.3, 0.4) is 0 Å². The molecule has 3 N–H and O–H groups in total. The molecule has 0 atom stereocenters. The Labute approximate surface area is 162 Å². The molecule has 3 aromatic rings. The van der Waals surface area contributed by atoms with Gasteiger partial charge < -0.3 is 20.4 Å². The summed E-state index contributed by atoms with van der Waals surface area (Å²) in [5, 5.41) is 3.85. The summed E-state index contributed by atoms with van der Waals surface area (Å²) in [6, 6.07) is 13.5. The molecule has 0 saturated heterocycles. The lowest BCUT2D eigenvalue weighted by atomic mass is 10.1. The molecule has 0 radical (unpaired) electrons. The second kappa shape index (κ2) is 8.24. The fourth-order valence-electron chi connectivity index (χ4n) is 2.67. The SMILES string of the molecule is COc1cn(Cc2ccc(CN)cc2)c(Nc2cccc(Cl)c2C)nc1=O. The molecule has 0 bridgehead atoms. The van der Waals surface area contributed by atoms with Crippen LogP contribution in [-0.4, -0.2) is 16.7 Å². The number of anilines is 2. The van der Waals surface area contributed by atoms with Gasteiger partial charge in [-0.2, -0.15) is 4.98 Å². The minimum absolute atomic E-state index is 0.182. The molecule has 140 valence electrons. The van der Waals surface area contributed by atoms with Gasteiger partial charge in [0, 0.05) is 17.3 Å². The zero-order valence-electron chi connectivity index (χ0n) is 15.2. The average Bonchev–Trinajstić information content (AvgIpc) is 2.68. The summed E-state index contributed by atoms with van der Waals surface area (Å²) in [7, 11) is 1.45. The van der Waals surface area contributed by atoms with E-state index in [1.807, 2.05) is 54.0 Å². The van der Waals surface area contributed by atoms with Gasteiger partial charge in [-0.3, -0.25) is 4.79 Å². The minimum Gasteiger partial charge on any atom is -0.490 e. The maximum absolute atomic E-state index is 12.2. The first kappa shape index (κ1) is 18.9. The van der Waals surface area contributed by atoms with E-state index >= 15 is 0 Å². The summed E-state index contributed by atoms with van der Waals surface area (Å²) in [4.78, 5) is 16.3. The van der Waals surface area contributed by atoms with Crippen molar-refractivity contribution in [3.63, 3.8) is 0 Å². The van der Waals surface area contributed by atoms with Crippen LogP contribution in [0.15, 0.2) is 53.5 Å². The summed E-state index contributed by atoms with van der Waals surface area (Å²) >= 11 is 6.20. The highest BCUT2D eigenvalue weighted by Crippen LogP contribution is 2.26. The second-order valence-electron chi connectivity index (χ2n) is 6.12. The van der Waals surface area contributed by atoms with Gasteiger partial charge in [0.25, 0.3) is 0 Å². The Kier molecular flexibility index (Phi) is 5.78. The summed E-state index contributed by atoms with van der Waals surface area (Å²) in [6.07, 6.45) is 1.65. The second-order valence-corrected chi connectivity index (χ2v) is 6.53. The van der Waals surface area contributed by atoms with Crippen LogP contribution in [0.4, 0.5) is 11.6 Å². The van der Waals surface area contributed by atoms with Gasteiger partial charge in [-0.1, -0.05) is 41.9 Å². The molecule has 7 heteroatoms. The fraction of sp³-hybridized carbons (Fsp3) is 0.200. The first-order valence-corrected chi connectivity index (χ1v) is 8.85. The van der Waals surface area contributed by atoms with E-state index in [0.717, 1.165) is 22.4 Å². The fourth-order valence-corrected chi connectivity index (χ4v) is 2.85. The summed E-state index contributed by atoms with van der Waals surface area (Å²) < 4.78 is 6.98. The van der Waals surface area contributed by atoms with E-state index in [2.05, 4.69) is 10.3 Å². The lowest BCUT2D eigenvalue weighted by Gasteiger charge is -2.17. The lowest BCUT2D eigenvalue weighted by Crippen LogP contribution is -2.19. The van der Waals surface area contributed by atoms with E-state index in [1.165, 1.54) is 7.11 Å². The van der Waals surface area contributed by atoms with Crippen LogP contribution in [0.5, 0.6) is 5.75 Å². The number of ether oxygens (including phenoxy) is 1. The Bertz CT molecular complexity index is 1000. The van der Waals surface area contributed by atoms with Crippen LogP contribution < -0.4 is 21.3 Å². The van der Waals surface area contributed by atoms with Crippen molar-refractivity contribution < 1.29 is 4.74 Å². The molecule has 0 fully saturated rings. The van der Waals surface area contributed by atoms with Crippen LogP contribution in [-0.2, 0) is 13.1 Å².